The molecule has 1 N–H and O–H groups in total. The number of rotatable bonds is 4. The molecule has 4 bridgehead atoms. The van der Waals surface area contributed by atoms with Crippen LogP contribution in [0.5, 0.6) is 0 Å². The van der Waals surface area contributed by atoms with Gasteiger partial charge >= 0.3 is 0 Å². The fraction of sp³-hybridized carbons (Fsp3) is 0.667. The molecule has 0 atom stereocenters. The lowest BCUT2D eigenvalue weighted by atomic mass is 9.49. The lowest BCUT2D eigenvalue weighted by molar-refractivity contribution is -0.129. The fourth-order valence-electron chi connectivity index (χ4n) is 5.60. The van der Waals surface area contributed by atoms with Gasteiger partial charge in [-0.2, -0.15) is 5.10 Å². The molecule has 0 saturated heterocycles. The number of hydrogen-bond donors (Lipinski definition) is 1. The van der Waals surface area contributed by atoms with Crippen LogP contribution in [0.1, 0.15) is 56.7 Å². The van der Waals surface area contributed by atoms with Crippen LogP contribution in [0.4, 0.5) is 0 Å². The lowest BCUT2D eigenvalue weighted by Gasteiger charge is -2.56. The summed E-state index contributed by atoms with van der Waals surface area (Å²) in [5, 5.41) is 4.27. The van der Waals surface area contributed by atoms with Gasteiger partial charge in [-0.15, -0.1) is 11.3 Å². The number of thiophene rings is 1. The van der Waals surface area contributed by atoms with Gasteiger partial charge in [0.05, 0.1) is 14.9 Å². The maximum Gasteiger partial charge on any atom is 0.240 e. The molecule has 1 aromatic rings. The Labute approximate surface area is 146 Å². The second-order valence-electron chi connectivity index (χ2n) is 7.93. The molecule has 0 unspecified atom stereocenters. The van der Waals surface area contributed by atoms with Crippen molar-refractivity contribution in [1.29, 1.82) is 0 Å². The van der Waals surface area contributed by atoms with Crippen molar-refractivity contribution in [2.75, 3.05) is 0 Å². The van der Waals surface area contributed by atoms with E-state index in [2.05, 4.69) is 10.5 Å². The summed E-state index contributed by atoms with van der Waals surface area (Å²) in [4.78, 5) is 13.4. The average Bonchev–Trinajstić information content (AvgIpc) is 2.89. The third kappa shape index (κ3) is 3.20. The molecular formula is C18H23ClN2OS. The van der Waals surface area contributed by atoms with E-state index in [0.29, 0.717) is 6.42 Å². The van der Waals surface area contributed by atoms with Crippen molar-refractivity contribution in [2.24, 2.45) is 28.3 Å². The first kappa shape index (κ1) is 15.6. The topological polar surface area (TPSA) is 41.5 Å². The molecule has 0 spiro atoms. The van der Waals surface area contributed by atoms with Crippen LogP contribution >= 0.6 is 22.9 Å². The Hall–Kier alpha value is -0.870. The van der Waals surface area contributed by atoms with E-state index in [9.17, 15) is 4.79 Å². The van der Waals surface area contributed by atoms with Crippen molar-refractivity contribution < 1.29 is 4.79 Å². The van der Waals surface area contributed by atoms with Gasteiger partial charge in [-0.1, -0.05) is 11.6 Å². The van der Waals surface area contributed by atoms with Crippen LogP contribution < -0.4 is 5.43 Å². The van der Waals surface area contributed by atoms with Crippen molar-refractivity contribution in [2.45, 2.75) is 51.9 Å². The van der Waals surface area contributed by atoms with Crippen LogP contribution in [0.2, 0.25) is 4.34 Å². The molecule has 124 valence electrons. The van der Waals surface area contributed by atoms with Crippen molar-refractivity contribution in [3.63, 3.8) is 0 Å². The molecule has 1 heterocycles. The number of hydrazone groups is 1. The molecule has 0 aromatic carbocycles. The third-order valence-corrected chi connectivity index (χ3v) is 7.32. The van der Waals surface area contributed by atoms with Crippen molar-refractivity contribution in [3.05, 3.63) is 21.3 Å². The highest BCUT2D eigenvalue weighted by molar-refractivity contribution is 7.18. The lowest BCUT2D eigenvalue weighted by Crippen LogP contribution is -2.47. The van der Waals surface area contributed by atoms with E-state index in [0.717, 1.165) is 32.7 Å². The highest BCUT2D eigenvalue weighted by atomic mass is 35.5. The molecule has 1 aromatic heterocycles. The summed E-state index contributed by atoms with van der Waals surface area (Å²) in [6.07, 6.45) is 8.67. The van der Waals surface area contributed by atoms with E-state index in [1.54, 1.807) is 0 Å². The average molecular weight is 351 g/mol. The number of carbonyl (C=O) groups is 1. The Balaban J connectivity index is 1.39. The zero-order valence-corrected chi connectivity index (χ0v) is 15.1. The molecule has 1 amide bonds. The minimum Gasteiger partial charge on any atom is -0.273 e. The number of hydrogen-bond acceptors (Lipinski definition) is 3. The van der Waals surface area contributed by atoms with E-state index < -0.39 is 0 Å². The van der Waals surface area contributed by atoms with Crippen molar-refractivity contribution in [1.82, 2.24) is 5.43 Å². The predicted octanol–water partition coefficient (Wildman–Crippen LogP) is 4.85. The van der Waals surface area contributed by atoms with E-state index in [1.165, 1.54) is 49.9 Å². The SMILES string of the molecule is C/C(=N/NC(=O)CC12CC3CC(CC(C3)C1)C2)c1ccc(Cl)s1. The zero-order chi connectivity index (χ0) is 16.0. The summed E-state index contributed by atoms with van der Waals surface area (Å²) >= 11 is 7.43. The van der Waals surface area contributed by atoms with Gasteiger partial charge in [0.2, 0.25) is 5.91 Å². The Kier molecular flexibility index (Phi) is 4.01. The molecule has 3 nitrogen and oxygen atoms in total. The number of nitrogens with zero attached hydrogens (tertiary/aromatic N) is 1. The van der Waals surface area contributed by atoms with Crippen LogP contribution in [0.25, 0.3) is 0 Å². The van der Waals surface area contributed by atoms with Gasteiger partial charge in [0.15, 0.2) is 0 Å². The van der Waals surface area contributed by atoms with Crippen LogP contribution in [-0.4, -0.2) is 11.6 Å². The van der Waals surface area contributed by atoms with Gasteiger partial charge in [-0.25, -0.2) is 5.43 Å². The quantitative estimate of drug-likeness (QED) is 0.612. The number of nitrogens with one attached hydrogen (secondary N) is 1. The fourth-order valence-corrected chi connectivity index (χ4v) is 6.58. The number of amides is 1. The summed E-state index contributed by atoms with van der Waals surface area (Å²) in [6.45, 7) is 1.91. The van der Waals surface area contributed by atoms with Crippen molar-refractivity contribution >= 4 is 34.6 Å². The molecule has 0 radical (unpaired) electrons. The first-order valence-corrected chi connectivity index (χ1v) is 9.80. The summed E-state index contributed by atoms with van der Waals surface area (Å²) in [5.41, 5.74) is 3.87. The normalized spacial score (nSPS) is 35.6. The maximum atomic E-state index is 12.4. The Morgan fingerprint density at radius 2 is 1.87 bits per heavy atom. The van der Waals surface area contributed by atoms with Gasteiger partial charge in [-0.3, -0.25) is 4.79 Å². The summed E-state index contributed by atoms with van der Waals surface area (Å²) in [5.74, 6) is 2.72. The van der Waals surface area contributed by atoms with Gasteiger partial charge in [0, 0.05) is 6.42 Å². The van der Waals surface area contributed by atoms with Crippen molar-refractivity contribution in [3.8, 4) is 0 Å². The highest BCUT2D eigenvalue weighted by Crippen LogP contribution is 2.61. The van der Waals surface area contributed by atoms with E-state index >= 15 is 0 Å². The number of halogens is 1. The number of carbonyl (C=O) groups excluding carboxylic acids is 1. The zero-order valence-electron chi connectivity index (χ0n) is 13.5. The van der Waals surface area contributed by atoms with E-state index in [-0.39, 0.29) is 11.3 Å². The molecule has 4 saturated carbocycles. The summed E-state index contributed by atoms with van der Waals surface area (Å²) in [6, 6.07) is 3.80. The molecule has 4 fully saturated rings. The minimum atomic E-state index is 0.0777. The summed E-state index contributed by atoms with van der Waals surface area (Å²) < 4.78 is 0.745. The molecule has 4 aliphatic rings. The second kappa shape index (κ2) is 5.89. The smallest absolute Gasteiger partial charge is 0.240 e. The molecule has 4 aliphatic carbocycles. The Morgan fingerprint density at radius 3 is 2.39 bits per heavy atom. The van der Waals surface area contributed by atoms with Crippen LogP contribution in [0, 0.1) is 23.2 Å². The maximum absolute atomic E-state index is 12.4. The van der Waals surface area contributed by atoms with E-state index in [4.69, 9.17) is 11.6 Å². The van der Waals surface area contributed by atoms with Gasteiger partial charge < -0.3 is 0 Å². The Morgan fingerprint density at radius 1 is 1.26 bits per heavy atom. The van der Waals surface area contributed by atoms with Gasteiger partial charge in [-0.05, 0) is 80.8 Å². The standard InChI is InChI=1S/C18H23ClN2OS/c1-11(15-2-3-16(19)23-15)20-21-17(22)10-18-7-12-4-13(8-18)6-14(5-12)9-18/h2-3,12-14H,4-10H2,1H3,(H,21,22)/b20-11-. The summed E-state index contributed by atoms with van der Waals surface area (Å²) in [7, 11) is 0. The third-order valence-electron chi connectivity index (χ3n) is 5.98. The molecule has 0 aliphatic heterocycles. The minimum absolute atomic E-state index is 0.0777. The molecular weight excluding hydrogens is 328 g/mol. The molecule has 5 rings (SSSR count). The van der Waals surface area contributed by atoms with Crippen LogP contribution in [0.3, 0.4) is 0 Å². The first-order valence-electron chi connectivity index (χ1n) is 8.60. The molecule has 5 heteroatoms. The predicted molar refractivity (Wildman–Crippen MR) is 94.9 cm³/mol. The Bertz CT molecular complexity index is 616. The highest BCUT2D eigenvalue weighted by Gasteiger charge is 2.51. The van der Waals surface area contributed by atoms with Gasteiger partial charge in [0.1, 0.15) is 0 Å². The largest absolute Gasteiger partial charge is 0.273 e. The van der Waals surface area contributed by atoms with Crippen LogP contribution in [0.15, 0.2) is 17.2 Å². The second-order valence-corrected chi connectivity index (χ2v) is 9.65. The van der Waals surface area contributed by atoms with Crippen LogP contribution in [-0.2, 0) is 4.79 Å². The molecule has 23 heavy (non-hydrogen) atoms. The first-order chi connectivity index (χ1) is 11.0. The monoisotopic (exact) mass is 350 g/mol. The van der Waals surface area contributed by atoms with Gasteiger partial charge in [0.25, 0.3) is 0 Å². The van der Waals surface area contributed by atoms with E-state index in [1.807, 2.05) is 19.1 Å².